The van der Waals surface area contributed by atoms with E-state index in [-0.39, 0.29) is 5.91 Å². The second-order valence-corrected chi connectivity index (χ2v) is 4.27. The number of aromatic nitrogens is 1. The fraction of sp³-hybridized carbons (Fsp3) is 0.200. The third-order valence-electron chi connectivity index (χ3n) is 2.11. The van der Waals surface area contributed by atoms with Gasteiger partial charge >= 0.3 is 0 Å². The summed E-state index contributed by atoms with van der Waals surface area (Å²) < 4.78 is 1.02. The van der Waals surface area contributed by atoms with Gasteiger partial charge in [-0.3, -0.25) is 4.79 Å². The minimum atomic E-state index is 0.00633. The average molecular weight is 221 g/mol. The van der Waals surface area contributed by atoms with Crippen LogP contribution < -0.4 is 11.1 Å². The van der Waals surface area contributed by atoms with Crippen LogP contribution in [0.2, 0.25) is 0 Å². The Bertz CT molecular complexity index is 506. The van der Waals surface area contributed by atoms with Gasteiger partial charge in [0.25, 0.3) is 0 Å². The zero-order valence-corrected chi connectivity index (χ0v) is 9.10. The molecule has 0 fully saturated rings. The smallest absolute Gasteiger partial charge is 0.224 e. The number of anilines is 1. The summed E-state index contributed by atoms with van der Waals surface area (Å²) in [6, 6.07) is 5.75. The zero-order chi connectivity index (χ0) is 10.8. The quantitative estimate of drug-likeness (QED) is 0.799. The minimum absolute atomic E-state index is 0.00633. The molecule has 4 nitrogen and oxygen atoms in total. The van der Waals surface area contributed by atoms with Gasteiger partial charge in [0.15, 0.2) is 5.13 Å². The van der Waals surface area contributed by atoms with Gasteiger partial charge in [-0.15, -0.1) is 0 Å². The molecule has 5 heteroatoms. The Kier molecular flexibility index (Phi) is 2.55. The number of fused-ring (bicyclic) bond motifs is 1. The molecule has 0 atom stereocenters. The van der Waals surface area contributed by atoms with Crippen LogP contribution in [0.3, 0.4) is 0 Å². The Hall–Kier alpha value is -1.62. The van der Waals surface area contributed by atoms with Gasteiger partial charge in [0.05, 0.1) is 16.6 Å². The number of hydrogen-bond donors (Lipinski definition) is 2. The van der Waals surface area contributed by atoms with Crippen LogP contribution in [0.4, 0.5) is 5.13 Å². The van der Waals surface area contributed by atoms with Gasteiger partial charge in [0.1, 0.15) is 0 Å². The van der Waals surface area contributed by atoms with Gasteiger partial charge in [-0.1, -0.05) is 17.4 Å². The van der Waals surface area contributed by atoms with Gasteiger partial charge in [0.2, 0.25) is 5.91 Å². The maximum atomic E-state index is 11.2. The van der Waals surface area contributed by atoms with E-state index in [1.807, 2.05) is 18.2 Å². The number of thiazole rings is 1. The highest BCUT2D eigenvalue weighted by Crippen LogP contribution is 2.24. The van der Waals surface area contributed by atoms with Crippen molar-refractivity contribution >= 4 is 32.6 Å². The van der Waals surface area contributed by atoms with E-state index >= 15 is 0 Å². The van der Waals surface area contributed by atoms with E-state index < -0.39 is 0 Å². The number of carbonyl (C=O) groups is 1. The predicted octanol–water partition coefficient (Wildman–Crippen LogP) is 1.17. The first kappa shape index (κ1) is 9.92. The number of nitrogens with zero attached hydrogens (tertiary/aromatic N) is 1. The van der Waals surface area contributed by atoms with Crippen LogP contribution in [-0.4, -0.2) is 17.9 Å². The number of likely N-dealkylation sites (N-methyl/N-ethyl adjacent to an activating group) is 1. The van der Waals surface area contributed by atoms with Gasteiger partial charge in [0, 0.05) is 7.05 Å². The van der Waals surface area contributed by atoms with E-state index in [1.165, 1.54) is 11.3 Å². The normalized spacial score (nSPS) is 10.5. The summed E-state index contributed by atoms with van der Waals surface area (Å²) in [7, 11) is 1.63. The molecule has 1 heterocycles. The van der Waals surface area contributed by atoms with E-state index in [0.29, 0.717) is 11.6 Å². The highest BCUT2D eigenvalue weighted by atomic mass is 32.1. The summed E-state index contributed by atoms with van der Waals surface area (Å²) in [6.07, 6.45) is 0.393. The molecule has 78 valence electrons. The molecule has 0 bridgehead atoms. The lowest BCUT2D eigenvalue weighted by Gasteiger charge is -1.99. The average Bonchev–Trinajstić information content (AvgIpc) is 2.57. The fourth-order valence-electron chi connectivity index (χ4n) is 1.37. The molecule has 1 aromatic carbocycles. The largest absolute Gasteiger partial charge is 0.375 e. The predicted molar refractivity (Wildman–Crippen MR) is 61.8 cm³/mol. The number of hydrogen-bond acceptors (Lipinski definition) is 4. The highest BCUT2D eigenvalue weighted by molar-refractivity contribution is 7.22. The molecule has 0 spiro atoms. The van der Waals surface area contributed by atoms with Crippen molar-refractivity contribution in [3.63, 3.8) is 0 Å². The van der Waals surface area contributed by atoms with Crippen molar-refractivity contribution in [1.82, 2.24) is 10.3 Å². The van der Waals surface area contributed by atoms with Gasteiger partial charge < -0.3 is 11.1 Å². The number of nitrogens with one attached hydrogen (secondary N) is 1. The number of amides is 1. The summed E-state index contributed by atoms with van der Waals surface area (Å²) in [5, 5.41) is 3.15. The molecule has 15 heavy (non-hydrogen) atoms. The van der Waals surface area contributed by atoms with Crippen LogP contribution in [0.1, 0.15) is 5.56 Å². The summed E-state index contributed by atoms with van der Waals surface area (Å²) >= 11 is 1.44. The van der Waals surface area contributed by atoms with Gasteiger partial charge in [-0.2, -0.15) is 0 Å². The van der Waals surface area contributed by atoms with Crippen molar-refractivity contribution in [1.29, 1.82) is 0 Å². The Morgan fingerprint density at radius 1 is 1.60 bits per heavy atom. The molecule has 2 aromatic rings. The molecular weight excluding hydrogens is 210 g/mol. The first-order valence-corrected chi connectivity index (χ1v) is 5.36. The molecule has 0 unspecified atom stereocenters. The molecule has 0 aliphatic rings. The van der Waals surface area contributed by atoms with Crippen molar-refractivity contribution in [2.45, 2.75) is 6.42 Å². The minimum Gasteiger partial charge on any atom is -0.375 e. The highest BCUT2D eigenvalue weighted by Gasteiger charge is 2.04. The topological polar surface area (TPSA) is 68.0 Å². The van der Waals surface area contributed by atoms with Gasteiger partial charge in [-0.05, 0) is 17.7 Å². The lowest BCUT2D eigenvalue weighted by molar-refractivity contribution is -0.119. The lowest BCUT2D eigenvalue weighted by Crippen LogP contribution is -2.19. The van der Waals surface area contributed by atoms with E-state index in [2.05, 4.69) is 10.3 Å². The number of nitrogen functional groups attached to an aromatic ring is 1. The molecule has 0 aliphatic heterocycles. The summed E-state index contributed by atoms with van der Waals surface area (Å²) in [5.41, 5.74) is 7.46. The third-order valence-corrected chi connectivity index (χ3v) is 2.96. The first-order valence-electron chi connectivity index (χ1n) is 4.54. The number of benzene rings is 1. The maximum Gasteiger partial charge on any atom is 0.224 e. The molecule has 0 radical (unpaired) electrons. The zero-order valence-electron chi connectivity index (χ0n) is 8.28. The monoisotopic (exact) mass is 221 g/mol. The van der Waals surface area contributed by atoms with Crippen molar-refractivity contribution in [3.8, 4) is 0 Å². The second kappa shape index (κ2) is 3.86. The van der Waals surface area contributed by atoms with E-state index in [1.54, 1.807) is 7.05 Å². The molecule has 2 rings (SSSR count). The maximum absolute atomic E-state index is 11.2. The van der Waals surface area contributed by atoms with Crippen LogP contribution >= 0.6 is 11.3 Å². The Morgan fingerprint density at radius 2 is 2.40 bits per heavy atom. The lowest BCUT2D eigenvalue weighted by atomic mass is 10.1. The molecular formula is C10H11N3OS. The summed E-state index contributed by atoms with van der Waals surface area (Å²) in [4.78, 5) is 15.3. The third kappa shape index (κ3) is 2.07. The Morgan fingerprint density at radius 3 is 3.13 bits per heavy atom. The number of rotatable bonds is 2. The Balaban J connectivity index is 2.33. The van der Waals surface area contributed by atoms with Crippen molar-refractivity contribution in [2.24, 2.45) is 0 Å². The molecule has 0 saturated carbocycles. The van der Waals surface area contributed by atoms with E-state index in [4.69, 9.17) is 5.73 Å². The van der Waals surface area contributed by atoms with Crippen LogP contribution in [0.15, 0.2) is 18.2 Å². The van der Waals surface area contributed by atoms with Crippen molar-refractivity contribution < 1.29 is 4.79 Å². The van der Waals surface area contributed by atoms with Crippen molar-refractivity contribution in [2.75, 3.05) is 12.8 Å². The van der Waals surface area contributed by atoms with E-state index in [9.17, 15) is 4.79 Å². The van der Waals surface area contributed by atoms with Gasteiger partial charge in [-0.25, -0.2) is 4.98 Å². The van der Waals surface area contributed by atoms with E-state index in [0.717, 1.165) is 15.8 Å². The van der Waals surface area contributed by atoms with Crippen molar-refractivity contribution in [3.05, 3.63) is 23.8 Å². The molecule has 1 amide bonds. The summed E-state index contributed by atoms with van der Waals surface area (Å²) in [5.74, 6) is 0.00633. The van der Waals surface area contributed by atoms with Crippen LogP contribution in [0.25, 0.3) is 10.2 Å². The number of nitrogens with two attached hydrogens (primary N) is 1. The van der Waals surface area contributed by atoms with Crippen LogP contribution in [0.5, 0.6) is 0 Å². The first-order chi connectivity index (χ1) is 7.19. The van der Waals surface area contributed by atoms with Crippen LogP contribution in [0, 0.1) is 0 Å². The fourth-order valence-corrected chi connectivity index (χ4v) is 2.17. The van der Waals surface area contributed by atoms with Crippen LogP contribution in [-0.2, 0) is 11.2 Å². The SMILES string of the molecule is CNC(=O)Cc1ccc2nc(N)sc2c1. The standard InChI is InChI=1S/C10H11N3OS/c1-12-9(14)5-6-2-3-7-8(4-6)15-10(11)13-7/h2-4H,5H2,1H3,(H2,11,13)(H,12,14). The second-order valence-electron chi connectivity index (χ2n) is 3.20. The Labute approximate surface area is 91.1 Å². The molecule has 0 aliphatic carbocycles. The molecule has 1 aromatic heterocycles. The number of carbonyl (C=O) groups excluding carboxylic acids is 1. The molecule has 3 N–H and O–H groups in total. The molecule has 0 saturated heterocycles. The summed E-state index contributed by atoms with van der Waals surface area (Å²) in [6.45, 7) is 0.